The van der Waals surface area contributed by atoms with Crippen LogP contribution in [0.2, 0.25) is 0 Å². The summed E-state index contributed by atoms with van der Waals surface area (Å²) >= 11 is 1.66. The fraction of sp³-hybridized carbons (Fsp3) is 0.571. The van der Waals surface area contributed by atoms with Gasteiger partial charge in [0.25, 0.3) is 0 Å². The molecule has 0 unspecified atom stereocenters. The molecule has 0 aromatic carbocycles. The van der Waals surface area contributed by atoms with Crippen molar-refractivity contribution in [3.63, 3.8) is 0 Å². The van der Waals surface area contributed by atoms with Gasteiger partial charge in [-0.1, -0.05) is 0 Å². The Labute approximate surface area is 70.0 Å². The fourth-order valence-corrected chi connectivity index (χ4v) is 1.95. The van der Waals surface area contributed by atoms with E-state index >= 15 is 0 Å². The van der Waals surface area contributed by atoms with Gasteiger partial charge in [0.1, 0.15) is 0 Å². The van der Waals surface area contributed by atoms with Crippen molar-refractivity contribution in [2.24, 2.45) is 5.73 Å². The maximum atomic E-state index is 11.0. The zero-order valence-electron chi connectivity index (χ0n) is 6.59. The minimum atomic E-state index is -0.292. The number of carbonyl (C=O) groups is 1. The average Bonchev–Trinajstić information content (AvgIpc) is 2.32. The maximum absolute atomic E-state index is 11.0. The van der Waals surface area contributed by atoms with Gasteiger partial charge in [-0.2, -0.15) is 0 Å². The fourth-order valence-electron chi connectivity index (χ4n) is 0.927. The molecular weight excluding hydrogens is 162 g/mol. The quantitative estimate of drug-likeness (QED) is 0.587. The van der Waals surface area contributed by atoms with E-state index in [4.69, 9.17) is 5.73 Å². The van der Waals surface area contributed by atoms with Gasteiger partial charge in [0.2, 0.25) is 0 Å². The summed E-state index contributed by atoms with van der Waals surface area (Å²) in [5, 5.41) is 0.254. The molecule has 1 rings (SSSR count). The molecule has 0 aliphatic carbocycles. The van der Waals surface area contributed by atoms with Gasteiger partial charge in [-0.25, -0.2) is 4.79 Å². The molecule has 0 bridgehead atoms. The molecule has 1 atom stereocenters. The molecule has 1 aliphatic heterocycles. The third-order valence-electron chi connectivity index (χ3n) is 1.70. The van der Waals surface area contributed by atoms with Gasteiger partial charge in [0.15, 0.2) is 0 Å². The smallest absolute Gasteiger partial charge is 0.336 e. The second-order valence-electron chi connectivity index (χ2n) is 2.38. The van der Waals surface area contributed by atoms with Gasteiger partial charge in [0, 0.05) is 16.7 Å². The predicted octanol–water partition coefficient (Wildman–Crippen LogP) is 0.508. The first-order valence-electron chi connectivity index (χ1n) is 3.35. The summed E-state index contributed by atoms with van der Waals surface area (Å²) < 4.78 is 4.56. The van der Waals surface area contributed by atoms with Crippen molar-refractivity contribution in [3.05, 3.63) is 11.3 Å². The van der Waals surface area contributed by atoms with Crippen LogP contribution in [0.15, 0.2) is 11.3 Å². The number of hydrogen-bond donors (Lipinski definition) is 1. The molecule has 2 N–H and O–H groups in total. The van der Waals surface area contributed by atoms with E-state index in [0.29, 0.717) is 17.0 Å². The molecule has 0 saturated carbocycles. The lowest BCUT2D eigenvalue weighted by atomic mass is 10.2. The van der Waals surface area contributed by atoms with E-state index in [-0.39, 0.29) is 11.2 Å². The van der Waals surface area contributed by atoms with Crippen molar-refractivity contribution < 1.29 is 9.53 Å². The third-order valence-corrected chi connectivity index (χ3v) is 2.91. The van der Waals surface area contributed by atoms with Gasteiger partial charge < -0.3 is 10.5 Å². The zero-order valence-corrected chi connectivity index (χ0v) is 7.40. The van der Waals surface area contributed by atoms with E-state index in [9.17, 15) is 4.79 Å². The first-order chi connectivity index (χ1) is 5.16. The average molecular weight is 173 g/mol. The monoisotopic (exact) mass is 173 g/mol. The molecule has 11 heavy (non-hydrogen) atoms. The van der Waals surface area contributed by atoms with Crippen molar-refractivity contribution in [1.29, 1.82) is 0 Å². The van der Waals surface area contributed by atoms with E-state index in [2.05, 4.69) is 4.74 Å². The predicted molar refractivity (Wildman–Crippen MR) is 45.1 cm³/mol. The molecule has 4 heteroatoms. The van der Waals surface area contributed by atoms with Gasteiger partial charge in [-0.05, 0) is 6.92 Å². The van der Waals surface area contributed by atoms with Crippen LogP contribution < -0.4 is 5.73 Å². The third kappa shape index (κ3) is 1.50. The van der Waals surface area contributed by atoms with Crippen LogP contribution in [0, 0.1) is 0 Å². The Morgan fingerprint density at radius 1 is 1.82 bits per heavy atom. The topological polar surface area (TPSA) is 52.3 Å². The largest absolute Gasteiger partial charge is 0.466 e. The Morgan fingerprint density at radius 3 is 2.82 bits per heavy atom. The number of nitrogens with two attached hydrogens (primary N) is 1. The van der Waals surface area contributed by atoms with Crippen LogP contribution in [-0.2, 0) is 9.53 Å². The summed E-state index contributed by atoms with van der Waals surface area (Å²) in [7, 11) is 1.37. The minimum Gasteiger partial charge on any atom is -0.466 e. The van der Waals surface area contributed by atoms with Crippen molar-refractivity contribution in [3.8, 4) is 0 Å². The van der Waals surface area contributed by atoms with Crippen LogP contribution in [-0.4, -0.2) is 24.1 Å². The number of rotatable bonds is 1. The number of hydrogen-bond acceptors (Lipinski definition) is 4. The molecule has 62 valence electrons. The molecule has 0 spiro atoms. The second kappa shape index (κ2) is 3.17. The van der Waals surface area contributed by atoms with Gasteiger partial charge in [0.05, 0.1) is 12.7 Å². The highest BCUT2D eigenvalue weighted by Gasteiger charge is 2.25. The lowest BCUT2D eigenvalue weighted by Gasteiger charge is -2.01. The summed E-state index contributed by atoms with van der Waals surface area (Å²) in [6.07, 6.45) is 0. The highest BCUT2D eigenvalue weighted by molar-refractivity contribution is 8.00. The van der Waals surface area contributed by atoms with Crippen LogP contribution in [0.1, 0.15) is 6.92 Å². The van der Waals surface area contributed by atoms with Crippen LogP contribution >= 0.6 is 11.8 Å². The molecule has 3 nitrogen and oxygen atoms in total. The summed E-state index contributed by atoms with van der Waals surface area (Å²) in [5.41, 5.74) is 6.95. The standard InChI is InChI=1S/C7H11NO2S/c1-4-6(8)5(3-11-4)7(9)10-2/h4H,3,8H2,1-2H3/t4-/m1/s1. The summed E-state index contributed by atoms with van der Waals surface area (Å²) in [4.78, 5) is 11.0. The molecule has 1 aliphatic rings. The highest BCUT2D eigenvalue weighted by atomic mass is 32.2. The number of methoxy groups -OCH3 is 1. The van der Waals surface area contributed by atoms with Crippen molar-refractivity contribution in [2.75, 3.05) is 12.9 Å². The van der Waals surface area contributed by atoms with Crippen molar-refractivity contribution in [2.45, 2.75) is 12.2 Å². The molecule has 0 aromatic rings. The first-order valence-corrected chi connectivity index (χ1v) is 4.40. The zero-order chi connectivity index (χ0) is 8.43. The summed E-state index contributed by atoms with van der Waals surface area (Å²) in [6, 6.07) is 0. The molecule has 0 radical (unpaired) electrons. The number of esters is 1. The first kappa shape index (κ1) is 8.46. The minimum absolute atomic E-state index is 0.254. The Bertz CT molecular complexity index is 212. The normalized spacial score (nSPS) is 24.0. The van der Waals surface area contributed by atoms with Gasteiger partial charge in [-0.15, -0.1) is 11.8 Å². The summed E-state index contributed by atoms with van der Waals surface area (Å²) in [6.45, 7) is 1.98. The number of thioether (sulfide) groups is 1. The Balaban J connectivity index is 2.79. The lowest BCUT2D eigenvalue weighted by molar-refractivity contribution is -0.136. The van der Waals surface area contributed by atoms with E-state index in [1.165, 1.54) is 7.11 Å². The number of ether oxygens (including phenoxy) is 1. The van der Waals surface area contributed by atoms with E-state index in [1.807, 2.05) is 6.92 Å². The molecule has 0 aromatic heterocycles. The Morgan fingerprint density at radius 2 is 2.45 bits per heavy atom. The SMILES string of the molecule is COC(=O)C1=C(N)[C@@H](C)SC1. The molecular formula is C7H11NO2S. The second-order valence-corrected chi connectivity index (χ2v) is 3.71. The van der Waals surface area contributed by atoms with E-state index < -0.39 is 0 Å². The molecule has 0 saturated heterocycles. The van der Waals surface area contributed by atoms with Crippen LogP contribution in [0.4, 0.5) is 0 Å². The summed E-state index contributed by atoms with van der Waals surface area (Å²) in [5.74, 6) is 0.388. The van der Waals surface area contributed by atoms with Crippen LogP contribution in [0.3, 0.4) is 0 Å². The van der Waals surface area contributed by atoms with Crippen molar-refractivity contribution in [1.82, 2.24) is 0 Å². The lowest BCUT2D eigenvalue weighted by Crippen LogP contribution is -2.13. The molecule has 0 amide bonds. The molecule has 0 fully saturated rings. The highest BCUT2D eigenvalue weighted by Crippen LogP contribution is 2.29. The number of carbonyl (C=O) groups excluding carboxylic acids is 1. The van der Waals surface area contributed by atoms with Gasteiger partial charge in [-0.3, -0.25) is 0 Å². The Hall–Kier alpha value is -0.640. The van der Waals surface area contributed by atoms with Crippen LogP contribution in [0.5, 0.6) is 0 Å². The van der Waals surface area contributed by atoms with E-state index in [1.54, 1.807) is 11.8 Å². The van der Waals surface area contributed by atoms with Gasteiger partial charge >= 0.3 is 5.97 Å². The Kier molecular flexibility index (Phi) is 2.44. The van der Waals surface area contributed by atoms with Crippen molar-refractivity contribution >= 4 is 17.7 Å². The molecule has 1 heterocycles. The van der Waals surface area contributed by atoms with E-state index in [0.717, 1.165) is 0 Å². The van der Waals surface area contributed by atoms with Crippen LogP contribution in [0.25, 0.3) is 0 Å². The maximum Gasteiger partial charge on any atom is 0.336 e.